The number of hydrogen-bond acceptors (Lipinski definition) is 3. The number of anilines is 1. The van der Waals surface area contributed by atoms with Crippen LogP contribution in [0.5, 0.6) is 0 Å². The fourth-order valence-electron chi connectivity index (χ4n) is 8.58. The van der Waals surface area contributed by atoms with Gasteiger partial charge in [-0.25, -0.2) is 0 Å². The second kappa shape index (κ2) is 13.1. The lowest BCUT2D eigenvalue weighted by Gasteiger charge is -2.28. The molecule has 2 aliphatic rings. The Hall–Kier alpha value is -5.87. The highest BCUT2D eigenvalue weighted by molar-refractivity contribution is 6.08. The molecule has 8 rings (SSSR count). The van der Waals surface area contributed by atoms with Crippen molar-refractivity contribution < 1.29 is 13.4 Å². The van der Waals surface area contributed by atoms with E-state index in [9.17, 15) is 0 Å². The SMILES string of the molecule is CN1/C(=C/C=C/C=C/C=C/C=C/C2=[N+](C)c3ccc4ccccc4c3C2(C)Cc2ccco2)C(C)(Cc2ccco2)c2c1ccc1ccccc21. The molecule has 252 valence electrons. The molecule has 0 saturated heterocycles. The maximum Gasteiger partial charge on any atom is 0.210 e. The summed E-state index contributed by atoms with van der Waals surface area (Å²) in [6.07, 6.45) is 24.3. The van der Waals surface area contributed by atoms with Gasteiger partial charge in [-0.05, 0) is 83.4 Å². The molecule has 0 aliphatic carbocycles. The minimum atomic E-state index is -0.246. The molecule has 2 atom stereocenters. The summed E-state index contributed by atoms with van der Waals surface area (Å²) < 4.78 is 14.1. The quantitative estimate of drug-likeness (QED) is 0.114. The molecule has 0 bridgehead atoms. The first-order valence-corrected chi connectivity index (χ1v) is 17.7. The predicted molar refractivity (Wildman–Crippen MR) is 211 cm³/mol. The van der Waals surface area contributed by atoms with E-state index in [2.05, 4.69) is 177 Å². The zero-order valence-electron chi connectivity index (χ0n) is 29.7. The Kier molecular flexibility index (Phi) is 8.31. The molecule has 6 aromatic rings. The van der Waals surface area contributed by atoms with E-state index in [1.54, 1.807) is 12.5 Å². The molecule has 4 heteroatoms. The van der Waals surface area contributed by atoms with E-state index in [4.69, 9.17) is 8.83 Å². The van der Waals surface area contributed by atoms with Crippen LogP contribution in [0.15, 0.2) is 179 Å². The predicted octanol–water partition coefficient (Wildman–Crippen LogP) is 11.2. The zero-order chi connectivity index (χ0) is 35.0. The van der Waals surface area contributed by atoms with Gasteiger partial charge in [0, 0.05) is 54.4 Å². The van der Waals surface area contributed by atoms with Crippen molar-refractivity contribution in [2.45, 2.75) is 37.5 Å². The summed E-state index contributed by atoms with van der Waals surface area (Å²) >= 11 is 0. The lowest BCUT2D eigenvalue weighted by atomic mass is 9.74. The van der Waals surface area contributed by atoms with Gasteiger partial charge in [-0.3, -0.25) is 0 Å². The van der Waals surface area contributed by atoms with Crippen LogP contribution in [0.2, 0.25) is 0 Å². The van der Waals surface area contributed by atoms with E-state index in [0.29, 0.717) is 0 Å². The van der Waals surface area contributed by atoms with Crippen molar-refractivity contribution in [2.75, 3.05) is 19.0 Å². The van der Waals surface area contributed by atoms with Crippen molar-refractivity contribution in [2.24, 2.45) is 0 Å². The standard InChI is InChI=1S/C47H43N2O2/c1-46(32-36-20-16-30-50-36)42(48(3)40-28-26-34-18-12-14-22-38(34)44(40)46)24-10-8-6-5-7-9-11-25-43-47(2,33-37-21-17-31-51-37)45-39-23-15-13-19-35(39)27-29-41(45)49(43)4/h5-31H,32-33H2,1-4H3/q+1. The summed E-state index contributed by atoms with van der Waals surface area (Å²) in [5, 5.41) is 5.10. The highest BCUT2D eigenvalue weighted by atomic mass is 16.3. The first kappa shape index (κ1) is 32.3. The van der Waals surface area contributed by atoms with Crippen LogP contribution < -0.4 is 4.90 Å². The molecule has 0 spiro atoms. The molecule has 51 heavy (non-hydrogen) atoms. The maximum absolute atomic E-state index is 5.87. The third kappa shape index (κ3) is 5.61. The van der Waals surface area contributed by atoms with E-state index in [-0.39, 0.29) is 10.8 Å². The van der Waals surface area contributed by atoms with Gasteiger partial charge in [-0.1, -0.05) is 97.1 Å². The Labute approximate surface area is 300 Å². The Balaban J connectivity index is 1.02. The van der Waals surface area contributed by atoms with E-state index in [1.807, 2.05) is 12.1 Å². The fourth-order valence-corrected chi connectivity index (χ4v) is 8.58. The van der Waals surface area contributed by atoms with Gasteiger partial charge in [0.05, 0.1) is 17.9 Å². The molecular formula is C47H43N2O2+. The molecule has 0 amide bonds. The van der Waals surface area contributed by atoms with Crippen LogP contribution >= 0.6 is 0 Å². The van der Waals surface area contributed by atoms with E-state index in [0.717, 1.165) is 24.4 Å². The monoisotopic (exact) mass is 667 g/mol. The summed E-state index contributed by atoms with van der Waals surface area (Å²) in [5.74, 6) is 1.97. The van der Waals surface area contributed by atoms with Gasteiger partial charge in [0.15, 0.2) is 5.71 Å². The van der Waals surface area contributed by atoms with Crippen LogP contribution in [0.1, 0.15) is 36.5 Å². The first-order chi connectivity index (χ1) is 24.9. The highest BCUT2D eigenvalue weighted by Gasteiger charge is 2.48. The van der Waals surface area contributed by atoms with Crippen LogP contribution in [0.4, 0.5) is 11.4 Å². The molecule has 0 N–H and O–H groups in total. The molecule has 2 unspecified atom stereocenters. The van der Waals surface area contributed by atoms with Crippen molar-refractivity contribution >= 4 is 38.6 Å². The number of fused-ring (bicyclic) bond motifs is 6. The van der Waals surface area contributed by atoms with Crippen molar-refractivity contribution in [3.63, 3.8) is 0 Å². The molecule has 0 saturated carbocycles. The Morgan fingerprint density at radius 1 is 0.608 bits per heavy atom. The van der Waals surface area contributed by atoms with Gasteiger partial charge in [-0.2, -0.15) is 4.58 Å². The average Bonchev–Trinajstić information content (AvgIpc) is 3.93. The molecule has 2 aliphatic heterocycles. The van der Waals surface area contributed by atoms with Crippen LogP contribution in [0.25, 0.3) is 21.5 Å². The second-order valence-electron chi connectivity index (χ2n) is 14.1. The first-order valence-electron chi connectivity index (χ1n) is 17.7. The van der Waals surface area contributed by atoms with Crippen LogP contribution in [0.3, 0.4) is 0 Å². The van der Waals surface area contributed by atoms with Crippen LogP contribution in [-0.4, -0.2) is 24.4 Å². The molecular weight excluding hydrogens is 625 g/mol. The minimum absolute atomic E-state index is 0.246. The van der Waals surface area contributed by atoms with Gasteiger partial charge in [0.1, 0.15) is 18.6 Å². The highest BCUT2D eigenvalue weighted by Crippen LogP contribution is 2.52. The fraction of sp³-hybridized carbons (Fsp3) is 0.170. The lowest BCUT2D eigenvalue weighted by Crippen LogP contribution is -2.33. The Bertz CT molecular complexity index is 2420. The molecule has 0 fully saturated rings. The summed E-state index contributed by atoms with van der Waals surface area (Å²) in [7, 11) is 4.35. The lowest BCUT2D eigenvalue weighted by molar-refractivity contribution is -0.401. The molecule has 4 nitrogen and oxygen atoms in total. The van der Waals surface area contributed by atoms with Crippen molar-refractivity contribution in [1.29, 1.82) is 0 Å². The van der Waals surface area contributed by atoms with Gasteiger partial charge >= 0.3 is 0 Å². The van der Waals surface area contributed by atoms with Gasteiger partial charge in [0.25, 0.3) is 0 Å². The number of hydrogen-bond donors (Lipinski definition) is 0. The number of rotatable bonds is 9. The molecule has 0 radical (unpaired) electrons. The number of allylic oxidation sites excluding steroid dienone is 10. The largest absolute Gasteiger partial charge is 0.469 e. The summed E-state index contributed by atoms with van der Waals surface area (Å²) in [6, 6.07) is 34.4. The smallest absolute Gasteiger partial charge is 0.210 e. The van der Waals surface area contributed by atoms with Gasteiger partial charge in [-0.15, -0.1) is 0 Å². The van der Waals surface area contributed by atoms with E-state index < -0.39 is 0 Å². The third-order valence-electron chi connectivity index (χ3n) is 10.9. The van der Waals surface area contributed by atoms with Crippen LogP contribution in [0, 0.1) is 0 Å². The molecule has 2 aromatic heterocycles. The summed E-state index contributed by atoms with van der Waals surface area (Å²) in [5.41, 5.74) is 7.20. The summed E-state index contributed by atoms with van der Waals surface area (Å²) in [4.78, 5) is 2.34. The van der Waals surface area contributed by atoms with Crippen molar-refractivity contribution in [1.82, 2.24) is 0 Å². The second-order valence-corrected chi connectivity index (χ2v) is 14.1. The zero-order valence-corrected chi connectivity index (χ0v) is 29.7. The van der Waals surface area contributed by atoms with Gasteiger partial charge in [0.2, 0.25) is 5.69 Å². The van der Waals surface area contributed by atoms with Crippen molar-refractivity contribution in [3.05, 3.63) is 193 Å². The van der Waals surface area contributed by atoms with E-state index in [1.165, 1.54) is 55.5 Å². The average molecular weight is 668 g/mol. The number of likely N-dealkylation sites (N-methyl/N-ethyl adjacent to an activating group) is 1. The molecule has 4 heterocycles. The van der Waals surface area contributed by atoms with E-state index >= 15 is 0 Å². The van der Waals surface area contributed by atoms with Crippen molar-refractivity contribution in [3.8, 4) is 0 Å². The number of benzene rings is 4. The third-order valence-corrected chi connectivity index (χ3v) is 10.9. The minimum Gasteiger partial charge on any atom is -0.469 e. The Morgan fingerprint density at radius 3 is 1.82 bits per heavy atom. The number of furan rings is 2. The Morgan fingerprint density at radius 2 is 1.18 bits per heavy atom. The summed E-state index contributed by atoms with van der Waals surface area (Å²) in [6.45, 7) is 4.69. The topological polar surface area (TPSA) is 32.5 Å². The van der Waals surface area contributed by atoms with Crippen LogP contribution in [-0.2, 0) is 23.7 Å². The molecule has 4 aromatic carbocycles. The normalized spacial score (nSPS) is 21.3. The maximum atomic E-state index is 5.87. The van der Waals surface area contributed by atoms with Gasteiger partial charge < -0.3 is 13.7 Å². The number of nitrogens with zero attached hydrogens (tertiary/aromatic N) is 2.